The van der Waals surface area contributed by atoms with Gasteiger partial charge in [-0.25, -0.2) is 0 Å². The Kier molecular flexibility index (Phi) is 63.4. The standard InChI is InChI=1S/C68H135NO5/c1-3-5-7-9-11-13-14-38-42-46-50-54-58-62-68(73)74-63-59-55-51-47-43-40-37-35-33-31-29-27-25-23-21-19-17-15-16-18-20-22-24-26-28-30-32-34-36-39-41-45-49-53-57-61-67(72)69-65(64-70)66(71)60-56-52-48-44-12-10-8-6-4-2/h65-66,70-71H,3-64H2,1-2H3,(H,69,72). The fourth-order valence-corrected chi connectivity index (χ4v) is 11.2. The third-order valence-corrected chi connectivity index (χ3v) is 16.4. The van der Waals surface area contributed by atoms with Crippen molar-refractivity contribution >= 4 is 11.9 Å². The molecule has 3 N–H and O–H groups in total. The van der Waals surface area contributed by atoms with Crippen molar-refractivity contribution in [3.8, 4) is 0 Å². The predicted molar refractivity (Wildman–Crippen MR) is 324 cm³/mol. The first-order chi connectivity index (χ1) is 36.5. The molecule has 2 unspecified atom stereocenters. The summed E-state index contributed by atoms with van der Waals surface area (Å²) >= 11 is 0. The predicted octanol–water partition coefficient (Wildman–Crippen LogP) is 21.8. The minimum Gasteiger partial charge on any atom is -0.466 e. The Labute approximate surface area is 464 Å². The number of unbranched alkanes of at least 4 members (excludes halogenated alkanes) is 54. The van der Waals surface area contributed by atoms with Gasteiger partial charge in [0.05, 0.1) is 25.4 Å². The van der Waals surface area contributed by atoms with Gasteiger partial charge in [-0.3, -0.25) is 9.59 Å². The second kappa shape index (κ2) is 64.4. The van der Waals surface area contributed by atoms with E-state index in [0.29, 0.717) is 25.9 Å². The molecule has 1 amide bonds. The van der Waals surface area contributed by atoms with Gasteiger partial charge in [-0.05, 0) is 25.7 Å². The quantitative estimate of drug-likeness (QED) is 0.0417. The number of nitrogens with one attached hydrogen (secondary N) is 1. The number of aliphatic hydroxyl groups excluding tert-OH is 2. The van der Waals surface area contributed by atoms with Crippen LogP contribution in [0.15, 0.2) is 0 Å². The average molecular weight is 1050 g/mol. The molecule has 0 spiro atoms. The summed E-state index contributed by atoms with van der Waals surface area (Å²) in [4.78, 5) is 24.5. The molecule has 0 aromatic carbocycles. The van der Waals surface area contributed by atoms with Gasteiger partial charge in [-0.15, -0.1) is 0 Å². The van der Waals surface area contributed by atoms with E-state index in [1.165, 1.54) is 327 Å². The fourth-order valence-electron chi connectivity index (χ4n) is 11.2. The highest BCUT2D eigenvalue weighted by Crippen LogP contribution is 2.19. The van der Waals surface area contributed by atoms with E-state index in [1.807, 2.05) is 0 Å². The number of hydrogen-bond donors (Lipinski definition) is 3. The lowest BCUT2D eigenvalue weighted by atomic mass is 10.0. The Morgan fingerprint density at radius 1 is 0.324 bits per heavy atom. The monoisotopic (exact) mass is 1050 g/mol. The van der Waals surface area contributed by atoms with E-state index in [4.69, 9.17) is 4.74 Å². The molecular formula is C68H135NO5. The van der Waals surface area contributed by atoms with Gasteiger partial charge in [-0.2, -0.15) is 0 Å². The second-order valence-corrected chi connectivity index (χ2v) is 23.9. The highest BCUT2D eigenvalue weighted by Gasteiger charge is 2.20. The Bertz CT molecular complexity index is 1070. The SMILES string of the molecule is CCCCCCCCCCCCCCCC(=O)OCCCCCCCCCCCCCCCCCCCCCCCCCCCCCCCCCCCCCC(=O)NC(CO)C(O)CCCCCCCCCCC. The molecule has 0 aliphatic carbocycles. The molecule has 0 saturated carbocycles. The molecular weight excluding hydrogens is 911 g/mol. The van der Waals surface area contributed by atoms with E-state index >= 15 is 0 Å². The smallest absolute Gasteiger partial charge is 0.305 e. The van der Waals surface area contributed by atoms with Gasteiger partial charge in [0.15, 0.2) is 0 Å². The molecule has 0 aromatic heterocycles. The van der Waals surface area contributed by atoms with Gasteiger partial charge in [-0.1, -0.05) is 361 Å². The summed E-state index contributed by atoms with van der Waals surface area (Å²) < 4.78 is 5.49. The van der Waals surface area contributed by atoms with Crippen LogP contribution in [0.3, 0.4) is 0 Å². The number of amides is 1. The first-order valence-electron chi connectivity index (χ1n) is 34.3. The Morgan fingerprint density at radius 2 is 0.554 bits per heavy atom. The largest absolute Gasteiger partial charge is 0.466 e. The molecule has 0 bridgehead atoms. The molecule has 0 aliphatic heterocycles. The van der Waals surface area contributed by atoms with Crippen LogP contribution in [-0.4, -0.2) is 47.4 Å². The molecule has 74 heavy (non-hydrogen) atoms. The normalized spacial score (nSPS) is 12.4. The summed E-state index contributed by atoms with van der Waals surface area (Å²) in [5.41, 5.74) is 0. The molecule has 0 aromatic rings. The first kappa shape index (κ1) is 72.9. The maximum absolute atomic E-state index is 12.4. The van der Waals surface area contributed by atoms with Gasteiger partial charge in [0.2, 0.25) is 5.91 Å². The number of rotatable bonds is 65. The molecule has 6 heteroatoms. The summed E-state index contributed by atoms with van der Waals surface area (Å²) in [6, 6.07) is -0.534. The minimum absolute atomic E-state index is 0.0250. The van der Waals surface area contributed by atoms with Gasteiger partial charge in [0, 0.05) is 12.8 Å². The van der Waals surface area contributed by atoms with Crippen molar-refractivity contribution in [3.05, 3.63) is 0 Å². The molecule has 0 saturated heterocycles. The molecule has 6 nitrogen and oxygen atoms in total. The van der Waals surface area contributed by atoms with Crippen molar-refractivity contribution in [2.24, 2.45) is 0 Å². The van der Waals surface area contributed by atoms with Crippen molar-refractivity contribution in [1.82, 2.24) is 5.32 Å². The Hall–Kier alpha value is -1.14. The van der Waals surface area contributed by atoms with Crippen molar-refractivity contribution in [1.29, 1.82) is 0 Å². The molecule has 0 radical (unpaired) electrons. The van der Waals surface area contributed by atoms with Crippen LogP contribution in [0.25, 0.3) is 0 Å². The van der Waals surface area contributed by atoms with Gasteiger partial charge in [0.1, 0.15) is 0 Å². The molecule has 0 aliphatic rings. The highest BCUT2D eigenvalue weighted by atomic mass is 16.5. The van der Waals surface area contributed by atoms with E-state index in [2.05, 4.69) is 19.2 Å². The zero-order valence-corrected chi connectivity index (χ0v) is 50.6. The number of hydrogen-bond acceptors (Lipinski definition) is 5. The summed E-state index contributed by atoms with van der Waals surface area (Å²) in [6.45, 7) is 4.97. The van der Waals surface area contributed by atoms with Crippen LogP contribution in [0, 0.1) is 0 Å². The molecule has 0 fully saturated rings. The lowest BCUT2D eigenvalue weighted by Crippen LogP contribution is -2.45. The van der Waals surface area contributed by atoms with Gasteiger partial charge < -0.3 is 20.3 Å². The third kappa shape index (κ3) is 60.1. The second-order valence-electron chi connectivity index (χ2n) is 23.9. The lowest BCUT2D eigenvalue weighted by molar-refractivity contribution is -0.143. The highest BCUT2D eigenvalue weighted by molar-refractivity contribution is 5.76. The van der Waals surface area contributed by atoms with Crippen molar-refractivity contribution in [2.45, 2.75) is 411 Å². The average Bonchev–Trinajstić information content (AvgIpc) is 3.40. The number of ether oxygens (including phenoxy) is 1. The van der Waals surface area contributed by atoms with E-state index in [1.54, 1.807) is 0 Å². The zero-order valence-electron chi connectivity index (χ0n) is 50.6. The maximum Gasteiger partial charge on any atom is 0.305 e. The third-order valence-electron chi connectivity index (χ3n) is 16.4. The van der Waals surface area contributed by atoms with E-state index in [-0.39, 0.29) is 18.5 Å². The number of esters is 1. The summed E-state index contributed by atoms with van der Waals surface area (Å²) in [5.74, 6) is -0.00478. The molecule has 0 heterocycles. The summed E-state index contributed by atoms with van der Waals surface area (Å²) in [6.07, 6.45) is 77.5. The lowest BCUT2D eigenvalue weighted by Gasteiger charge is -2.22. The van der Waals surface area contributed by atoms with Crippen molar-refractivity contribution in [3.63, 3.8) is 0 Å². The summed E-state index contributed by atoms with van der Waals surface area (Å²) in [5, 5.41) is 23.1. The van der Waals surface area contributed by atoms with E-state index < -0.39 is 12.1 Å². The number of aliphatic hydroxyl groups is 2. The number of carbonyl (C=O) groups excluding carboxylic acids is 2. The van der Waals surface area contributed by atoms with Crippen LogP contribution in [-0.2, 0) is 14.3 Å². The van der Waals surface area contributed by atoms with Crippen LogP contribution < -0.4 is 5.32 Å². The van der Waals surface area contributed by atoms with Gasteiger partial charge >= 0.3 is 5.97 Å². The van der Waals surface area contributed by atoms with Crippen LogP contribution in [0.1, 0.15) is 399 Å². The van der Waals surface area contributed by atoms with Crippen LogP contribution >= 0.6 is 0 Å². The zero-order chi connectivity index (χ0) is 53.6. The molecule has 2 atom stereocenters. The van der Waals surface area contributed by atoms with Crippen molar-refractivity contribution in [2.75, 3.05) is 13.2 Å². The fraction of sp³-hybridized carbons (Fsp3) is 0.971. The first-order valence-corrected chi connectivity index (χ1v) is 34.3. The minimum atomic E-state index is -0.657. The van der Waals surface area contributed by atoms with Crippen molar-refractivity contribution < 1.29 is 24.5 Å². The van der Waals surface area contributed by atoms with E-state index in [0.717, 1.165) is 38.5 Å². The number of carbonyl (C=O) groups is 2. The summed E-state index contributed by atoms with van der Waals surface area (Å²) in [7, 11) is 0. The van der Waals surface area contributed by atoms with Crippen LogP contribution in [0.4, 0.5) is 0 Å². The van der Waals surface area contributed by atoms with Crippen LogP contribution in [0.5, 0.6) is 0 Å². The van der Waals surface area contributed by atoms with E-state index in [9.17, 15) is 19.8 Å². The Balaban J connectivity index is 3.26. The molecule has 442 valence electrons. The Morgan fingerprint density at radius 3 is 0.824 bits per heavy atom. The molecule has 0 rings (SSSR count). The topological polar surface area (TPSA) is 95.9 Å². The maximum atomic E-state index is 12.4. The van der Waals surface area contributed by atoms with Gasteiger partial charge in [0.25, 0.3) is 0 Å². The van der Waals surface area contributed by atoms with Crippen LogP contribution in [0.2, 0.25) is 0 Å².